The third-order valence-corrected chi connectivity index (χ3v) is 5.34. The highest BCUT2D eigenvalue weighted by atomic mass is 16.3. The van der Waals surface area contributed by atoms with Crippen LogP contribution in [0.5, 0.6) is 5.75 Å². The Morgan fingerprint density at radius 2 is 1.94 bits per heavy atom. The molecule has 0 aliphatic carbocycles. The Morgan fingerprint density at radius 1 is 1.21 bits per heavy atom. The largest absolute Gasteiger partial charge is 0.509 e. The first-order valence-corrected chi connectivity index (χ1v) is 10.2. The summed E-state index contributed by atoms with van der Waals surface area (Å²) in [7, 11) is 21.5. The number of amides is 2. The van der Waals surface area contributed by atoms with Crippen LogP contribution >= 0.6 is 0 Å². The van der Waals surface area contributed by atoms with Crippen LogP contribution < -0.4 is 32.9 Å². The molecular weight excluding hydrogens is 416 g/mol. The van der Waals surface area contributed by atoms with Crippen molar-refractivity contribution in [3.63, 3.8) is 0 Å². The number of hydrogen-bond donors (Lipinski definition) is 4. The summed E-state index contributed by atoms with van der Waals surface area (Å²) in [5.74, 6) is -0.662. The number of likely N-dealkylation sites (tertiary alicyclic amines) is 1. The number of hydrogen-bond acceptors (Lipinski definition) is 6. The number of nitrogen functional groups attached to an aromatic ring is 1. The van der Waals surface area contributed by atoms with Gasteiger partial charge in [-0.15, -0.1) is 10.9 Å². The zero-order valence-corrected chi connectivity index (χ0v) is 18.1. The van der Waals surface area contributed by atoms with E-state index >= 15 is 0 Å². The molecule has 13 heteroatoms. The number of nitrogens with zero attached hydrogens (tertiary/aromatic N) is 3. The molecule has 1 fully saturated rings. The van der Waals surface area contributed by atoms with Crippen LogP contribution in [0.4, 0.5) is 11.5 Å². The molecule has 9 nitrogen and oxygen atoms in total. The molecule has 1 aliphatic heterocycles. The van der Waals surface area contributed by atoms with E-state index in [9.17, 15) is 9.59 Å². The summed E-state index contributed by atoms with van der Waals surface area (Å²) < 4.78 is 0. The highest BCUT2D eigenvalue weighted by Crippen LogP contribution is 2.24. The summed E-state index contributed by atoms with van der Waals surface area (Å²) in [5.41, 5.74) is 7.29. The first-order valence-electron chi connectivity index (χ1n) is 10.2. The number of nitrogens with one attached hydrogen (secondary N) is 2. The van der Waals surface area contributed by atoms with Gasteiger partial charge in [-0.3, -0.25) is 14.7 Å². The van der Waals surface area contributed by atoms with Crippen LogP contribution in [0.3, 0.4) is 0 Å². The van der Waals surface area contributed by atoms with Crippen LogP contribution in [0.2, 0.25) is 0 Å². The second kappa shape index (κ2) is 10.1. The van der Waals surface area contributed by atoms with E-state index in [0.717, 1.165) is 12.8 Å². The van der Waals surface area contributed by atoms with E-state index in [4.69, 9.17) is 42.2 Å². The van der Waals surface area contributed by atoms with E-state index in [-0.39, 0.29) is 27.6 Å². The Hall–Kier alpha value is -3.36. The summed E-state index contributed by atoms with van der Waals surface area (Å²) >= 11 is 0. The van der Waals surface area contributed by atoms with E-state index < -0.39 is 11.8 Å². The molecule has 0 saturated carbocycles. The average molecular weight is 436 g/mol. The van der Waals surface area contributed by atoms with Gasteiger partial charge >= 0.3 is 11.8 Å². The first-order chi connectivity index (χ1) is 15.6. The fraction of sp³-hybridized carbons (Fsp3) is 0.300. The van der Waals surface area contributed by atoms with E-state index in [1.54, 1.807) is 4.90 Å². The maximum absolute atomic E-state index is 12.2. The van der Waals surface area contributed by atoms with Gasteiger partial charge in [-0.2, -0.15) is 5.10 Å². The number of phenolic OH excluding ortho intramolecular Hbond substituents is 1. The summed E-state index contributed by atoms with van der Waals surface area (Å²) in [4.78, 5) is 30.0. The average Bonchev–Trinajstić information content (AvgIpc) is 3.29. The number of aromatic amines is 1. The third kappa shape index (κ3) is 5.35. The predicted octanol–water partition coefficient (Wildman–Crippen LogP) is -2.70. The number of anilines is 2. The smallest absolute Gasteiger partial charge is 0.314 e. The van der Waals surface area contributed by atoms with Crippen molar-refractivity contribution < 1.29 is 14.7 Å². The number of aromatic nitrogens is 3. The number of nitrogens with two attached hydrogens (primary N) is 1. The van der Waals surface area contributed by atoms with Crippen LogP contribution in [-0.4, -0.2) is 81.5 Å². The molecule has 0 spiro atoms. The molecule has 3 aromatic rings. The van der Waals surface area contributed by atoms with E-state index in [1.807, 2.05) is 0 Å². The highest BCUT2D eigenvalue weighted by molar-refractivity contribution is 6.59. The number of carbonyl (C=O) groups excluding carboxylic acids is 2. The number of carbonyl (C=O) groups is 2. The van der Waals surface area contributed by atoms with Gasteiger partial charge in [0, 0.05) is 13.1 Å². The Morgan fingerprint density at radius 3 is 2.64 bits per heavy atom. The lowest BCUT2D eigenvalue weighted by atomic mass is 9.69. The van der Waals surface area contributed by atoms with Crippen molar-refractivity contribution in [2.75, 3.05) is 24.1 Å². The zero-order valence-electron chi connectivity index (χ0n) is 18.1. The number of benzene rings is 1. The topological polar surface area (TPSA) is 137 Å². The normalized spacial score (nSPS) is 15.5. The fourth-order valence-electron chi connectivity index (χ4n) is 3.49. The minimum absolute atomic E-state index is 0.0301. The van der Waals surface area contributed by atoms with E-state index in [0.29, 0.717) is 41.4 Å². The van der Waals surface area contributed by atoms with Gasteiger partial charge in [0.1, 0.15) is 43.0 Å². The number of pyridine rings is 1. The lowest BCUT2D eigenvalue weighted by Crippen LogP contribution is -2.44. The third-order valence-electron chi connectivity index (χ3n) is 5.34. The maximum atomic E-state index is 12.2. The van der Waals surface area contributed by atoms with Crippen molar-refractivity contribution in [3.05, 3.63) is 18.5 Å². The Balaban J connectivity index is 0.000000235. The SMILES string of the molecule is CC1CCCN(C(=O)C(=O)Nc2cnc(N)c3cn[nH]c23)C1.[B]c1cc([B])c(O)c([B])c1[B]. The lowest BCUT2D eigenvalue weighted by molar-refractivity contribution is -0.144. The first kappa shape index (κ1) is 24.3. The van der Waals surface area contributed by atoms with Crippen LogP contribution in [0.15, 0.2) is 18.5 Å². The summed E-state index contributed by atoms with van der Waals surface area (Å²) in [6.07, 6.45) is 4.96. The molecule has 1 aliphatic rings. The van der Waals surface area contributed by atoms with Crippen molar-refractivity contribution in [3.8, 4) is 5.75 Å². The van der Waals surface area contributed by atoms with Crippen molar-refractivity contribution >= 4 is 87.5 Å². The van der Waals surface area contributed by atoms with Crippen molar-refractivity contribution in [1.29, 1.82) is 0 Å². The Kier molecular flexibility index (Phi) is 7.40. The van der Waals surface area contributed by atoms with Crippen molar-refractivity contribution in [1.82, 2.24) is 20.1 Å². The molecule has 3 heterocycles. The molecule has 160 valence electrons. The van der Waals surface area contributed by atoms with Gasteiger partial charge in [0.15, 0.2) is 0 Å². The molecule has 2 aromatic heterocycles. The second-order valence-corrected chi connectivity index (χ2v) is 7.90. The number of rotatable bonds is 1. The van der Waals surface area contributed by atoms with Gasteiger partial charge in [-0.05, 0) is 18.8 Å². The van der Waals surface area contributed by atoms with Crippen LogP contribution in [0.25, 0.3) is 10.9 Å². The number of phenols is 1. The van der Waals surface area contributed by atoms with Gasteiger partial charge in [0.2, 0.25) is 0 Å². The number of fused-ring (bicyclic) bond motifs is 1. The van der Waals surface area contributed by atoms with Gasteiger partial charge < -0.3 is 21.1 Å². The minimum atomic E-state index is -0.670. The van der Waals surface area contributed by atoms with Crippen LogP contribution in [0, 0.1) is 5.92 Å². The zero-order chi connectivity index (χ0) is 24.3. The predicted molar refractivity (Wildman–Crippen MR) is 132 cm³/mol. The highest BCUT2D eigenvalue weighted by Gasteiger charge is 2.26. The molecule has 33 heavy (non-hydrogen) atoms. The lowest BCUT2D eigenvalue weighted by Gasteiger charge is -2.30. The molecule has 0 bridgehead atoms. The molecule has 1 aromatic carbocycles. The van der Waals surface area contributed by atoms with Gasteiger partial charge in [0.05, 0.1) is 29.0 Å². The van der Waals surface area contributed by atoms with Crippen LogP contribution in [-0.2, 0) is 9.59 Å². The quantitative estimate of drug-likeness (QED) is 0.243. The van der Waals surface area contributed by atoms with Crippen LogP contribution in [0.1, 0.15) is 19.8 Å². The fourth-order valence-corrected chi connectivity index (χ4v) is 3.49. The molecule has 8 radical (unpaired) electrons. The number of H-pyrrole nitrogens is 1. The standard InChI is InChI=1S/C14H18N6O2.C6H2B4O/c1-8-3-2-4-20(7-8)14(22)13(21)18-10-6-16-12(15)9-5-17-19-11(9)10;7-2-1-3(8)6(11)5(10)4(2)9/h5-6,8H,2-4,7H2,1H3,(H2,15,16)(H,17,19)(H,18,21);1,11H. The summed E-state index contributed by atoms with van der Waals surface area (Å²) in [6, 6.07) is 1.36. The van der Waals surface area contributed by atoms with Crippen molar-refractivity contribution in [2.45, 2.75) is 19.8 Å². The molecule has 2 amide bonds. The molecular formula is C20H20B4N6O3. The summed E-state index contributed by atoms with van der Waals surface area (Å²) in [5, 5.41) is 19.0. The van der Waals surface area contributed by atoms with E-state index in [1.165, 1.54) is 18.5 Å². The van der Waals surface area contributed by atoms with Gasteiger partial charge in [-0.1, -0.05) is 23.9 Å². The minimum Gasteiger partial charge on any atom is -0.509 e. The molecule has 1 saturated heterocycles. The Bertz CT molecular complexity index is 1180. The number of aromatic hydroxyl groups is 1. The maximum Gasteiger partial charge on any atom is 0.314 e. The van der Waals surface area contributed by atoms with E-state index in [2.05, 4.69) is 27.4 Å². The number of piperidine rings is 1. The molecule has 4 rings (SSSR count). The molecule has 1 atom stereocenters. The Labute approximate surface area is 196 Å². The second-order valence-electron chi connectivity index (χ2n) is 7.90. The van der Waals surface area contributed by atoms with Gasteiger partial charge in [-0.25, -0.2) is 4.98 Å². The molecule has 1 unspecified atom stereocenters. The van der Waals surface area contributed by atoms with Crippen molar-refractivity contribution in [2.24, 2.45) is 5.92 Å². The van der Waals surface area contributed by atoms with Gasteiger partial charge in [0.25, 0.3) is 0 Å². The summed E-state index contributed by atoms with van der Waals surface area (Å²) in [6.45, 7) is 3.32. The monoisotopic (exact) mass is 436 g/mol. The molecule has 5 N–H and O–H groups in total.